The van der Waals surface area contributed by atoms with Crippen LogP contribution in [0.25, 0.3) is 11.3 Å². The Morgan fingerprint density at radius 3 is 2.45 bits per heavy atom. The summed E-state index contributed by atoms with van der Waals surface area (Å²) in [6.07, 6.45) is 1.68. The molecule has 1 aromatic carbocycles. The van der Waals surface area contributed by atoms with Gasteiger partial charge in [0.2, 0.25) is 0 Å². The summed E-state index contributed by atoms with van der Waals surface area (Å²) in [6.45, 7) is 3.97. The Morgan fingerprint density at radius 2 is 1.75 bits per heavy atom. The Kier molecular flexibility index (Phi) is 3.56. The Balaban J connectivity index is 1.89. The lowest BCUT2D eigenvalue weighted by Gasteiger charge is -2.04. The van der Waals surface area contributed by atoms with Crippen molar-refractivity contribution in [2.45, 2.75) is 23.9 Å². The fraction of sp³-hybridized carbons (Fsp3) is 0.125. The van der Waals surface area contributed by atoms with Crippen LogP contribution in [0.1, 0.15) is 11.4 Å². The van der Waals surface area contributed by atoms with Crippen LogP contribution in [-0.4, -0.2) is 9.97 Å². The zero-order valence-corrected chi connectivity index (χ0v) is 12.1. The number of aromatic nitrogens is 2. The van der Waals surface area contributed by atoms with Gasteiger partial charge in [-0.25, -0.2) is 9.97 Å². The summed E-state index contributed by atoms with van der Waals surface area (Å²) in [4.78, 5) is 10.0. The molecule has 4 heteroatoms. The van der Waals surface area contributed by atoms with E-state index in [0.717, 1.165) is 32.8 Å². The average molecular weight is 282 g/mol. The van der Waals surface area contributed by atoms with Gasteiger partial charge < -0.3 is 4.42 Å². The van der Waals surface area contributed by atoms with Gasteiger partial charge >= 0.3 is 0 Å². The van der Waals surface area contributed by atoms with E-state index in [1.807, 2.05) is 44.2 Å². The molecular formula is C16H14N2OS. The van der Waals surface area contributed by atoms with Gasteiger partial charge in [-0.2, -0.15) is 0 Å². The van der Waals surface area contributed by atoms with Crippen LogP contribution < -0.4 is 0 Å². The van der Waals surface area contributed by atoms with E-state index in [4.69, 9.17) is 4.42 Å². The van der Waals surface area contributed by atoms with Crippen molar-refractivity contribution in [1.82, 2.24) is 9.97 Å². The molecule has 20 heavy (non-hydrogen) atoms. The maximum atomic E-state index is 5.42. The largest absolute Gasteiger partial charge is 0.464 e. The molecule has 3 rings (SSSR count). The Labute approximate surface area is 122 Å². The summed E-state index contributed by atoms with van der Waals surface area (Å²) in [5, 5.41) is 0.777. The molecule has 0 radical (unpaired) electrons. The van der Waals surface area contributed by atoms with Crippen LogP contribution in [0.15, 0.2) is 63.2 Å². The van der Waals surface area contributed by atoms with E-state index in [1.54, 1.807) is 18.0 Å². The van der Waals surface area contributed by atoms with Crippen LogP contribution in [0, 0.1) is 13.8 Å². The first-order valence-corrected chi connectivity index (χ1v) is 7.16. The highest BCUT2D eigenvalue weighted by atomic mass is 32.2. The molecule has 3 aromatic rings. The van der Waals surface area contributed by atoms with Crippen LogP contribution in [0.4, 0.5) is 0 Å². The van der Waals surface area contributed by atoms with E-state index in [-0.39, 0.29) is 0 Å². The van der Waals surface area contributed by atoms with Crippen molar-refractivity contribution >= 4 is 11.8 Å². The van der Waals surface area contributed by atoms with Crippen molar-refractivity contribution in [2.24, 2.45) is 0 Å². The SMILES string of the molecule is Cc1cc(C)nc(Sc2cccc(-c3ccco3)c2)n1. The predicted molar refractivity (Wildman–Crippen MR) is 79.8 cm³/mol. The molecule has 100 valence electrons. The van der Waals surface area contributed by atoms with Gasteiger partial charge in [-0.05, 0) is 55.9 Å². The van der Waals surface area contributed by atoms with Crippen LogP contribution in [0.5, 0.6) is 0 Å². The predicted octanol–water partition coefficient (Wildman–Crippen LogP) is 4.50. The van der Waals surface area contributed by atoms with Gasteiger partial charge in [0.05, 0.1) is 6.26 Å². The maximum absolute atomic E-state index is 5.42. The summed E-state index contributed by atoms with van der Waals surface area (Å²) in [6, 6.07) is 14.0. The molecule has 0 unspecified atom stereocenters. The zero-order chi connectivity index (χ0) is 13.9. The Hall–Kier alpha value is -2.07. The lowest BCUT2D eigenvalue weighted by molar-refractivity contribution is 0.582. The molecule has 0 aliphatic rings. The van der Waals surface area contributed by atoms with Crippen LogP contribution in [-0.2, 0) is 0 Å². The van der Waals surface area contributed by atoms with Crippen molar-refractivity contribution in [3.05, 3.63) is 60.1 Å². The molecule has 0 saturated carbocycles. The molecule has 0 bridgehead atoms. The minimum atomic E-state index is 0.777. The van der Waals surface area contributed by atoms with Gasteiger partial charge in [0.15, 0.2) is 5.16 Å². The molecule has 0 atom stereocenters. The van der Waals surface area contributed by atoms with Crippen LogP contribution >= 0.6 is 11.8 Å². The van der Waals surface area contributed by atoms with Gasteiger partial charge in [-0.3, -0.25) is 0 Å². The second kappa shape index (κ2) is 5.51. The Morgan fingerprint density at radius 1 is 0.950 bits per heavy atom. The quantitative estimate of drug-likeness (QED) is 0.663. The van der Waals surface area contributed by atoms with Gasteiger partial charge in [0.25, 0.3) is 0 Å². The van der Waals surface area contributed by atoms with Crippen molar-refractivity contribution in [1.29, 1.82) is 0 Å². The molecule has 0 N–H and O–H groups in total. The van der Waals surface area contributed by atoms with Crippen molar-refractivity contribution in [3.63, 3.8) is 0 Å². The standard InChI is InChI=1S/C16H14N2OS/c1-11-9-12(2)18-16(17-11)20-14-6-3-5-13(10-14)15-7-4-8-19-15/h3-10H,1-2H3. The minimum Gasteiger partial charge on any atom is -0.464 e. The number of rotatable bonds is 3. The maximum Gasteiger partial charge on any atom is 0.192 e. The highest BCUT2D eigenvalue weighted by molar-refractivity contribution is 7.99. The highest BCUT2D eigenvalue weighted by Crippen LogP contribution is 2.29. The normalized spacial score (nSPS) is 10.7. The second-order valence-electron chi connectivity index (χ2n) is 4.54. The number of furan rings is 1. The third-order valence-corrected chi connectivity index (χ3v) is 3.67. The summed E-state index contributed by atoms with van der Waals surface area (Å²) < 4.78 is 5.42. The first-order valence-electron chi connectivity index (χ1n) is 6.35. The van der Waals surface area contributed by atoms with Crippen LogP contribution in [0.3, 0.4) is 0 Å². The fourth-order valence-corrected chi connectivity index (χ4v) is 2.92. The van der Waals surface area contributed by atoms with Gasteiger partial charge in [0, 0.05) is 21.8 Å². The minimum absolute atomic E-state index is 0.777. The molecule has 0 spiro atoms. The van der Waals surface area contributed by atoms with Gasteiger partial charge in [-0.15, -0.1) is 0 Å². The zero-order valence-electron chi connectivity index (χ0n) is 11.3. The number of aryl methyl sites for hydroxylation is 2. The molecule has 0 fully saturated rings. The van der Waals surface area contributed by atoms with Crippen molar-refractivity contribution in [2.75, 3.05) is 0 Å². The average Bonchev–Trinajstić information content (AvgIpc) is 2.91. The number of hydrogen-bond donors (Lipinski definition) is 0. The number of nitrogens with zero attached hydrogens (tertiary/aromatic N) is 2. The van der Waals surface area contributed by atoms with E-state index < -0.39 is 0 Å². The molecule has 0 aliphatic heterocycles. The first kappa shape index (κ1) is 12.9. The summed E-state index contributed by atoms with van der Waals surface area (Å²) in [5.74, 6) is 0.869. The van der Waals surface area contributed by atoms with Crippen molar-refractivity contribution in [3.8, 4) is 11.3 Å². The lowest BCUT2D eigenvalue weighted by Crippen LogP contribution is -1.92. The molecular weight excluding hydrogens is 268 g/mol. The smallest absolute Gasteiger partial charge is 0.192 e. The Bertz CT molecular complexity index is 703. The molecule has 3 nitrogen and oxygen atoms in total. The molecule has 0 aliphatic carbocycles. The summed E-state index contributed by atoms with van der Waals surface area (Å²) in [7, 11) is 0. The van der Waals surface area contributed by atoms with E-state index in [9.17, 15) is 0 Å². The molecule has 0 amide bonds. The van der Waals surface area contributed by atoms with E-state index >= 15 is 0 Å². The van der Waals surface area contributed by atoms with E-state index in [2.05, 4.69) is 22.1 Å². The molecule has 0 saturated heterocycles. The van der Waals surface area contributed by atoms with E-state index in [1.165, 1.54) is 0 Å². The van der Waals surface area contributed by atoms with Gasteiger partial charge in [0.1, 0.15) is 5.76 Å². The molecule has 2 aromatic heterocycles. The first-order chi connectivity index (χ1) is 9.70. The van der Waals surface area contributed by atoms with Gasteiger partial charge in [-0.1, -0.05) is 12.1 Å². The lowest BCUT2D eigenvalue weighted by atomic mass is 10.2. The number of benzene rings is 1. The van der Waals surface area contributed by atoms with Crippen molar-refractivity contribution < 1.29 is 4.42 Å². The van der Waals surface area contributed by atoms with Crippen LogP contribution in [0.2, 0.25) is 0 Å². The third-order valence-electron chi connectivity index (χ3n) is 2.81. The molecule has 2 heterocycles. The van der Waals surface area contributed by atoms with E-state index in [0.29, 0.717) is 0 Å². The topological polar surface area (TPSA) is 38.9 Å². The number of hydrogen-bond acceptors (Lipinski definition) is 4. The summed E-state index contributed by atoms with van der Waals surface area (Å²) in [5.41, 5.74) is 3.04. The monoisotopic (exact) mass is 282 g/mol. The fourth-order valence-electron chi connectivity index (χ4n) is 2.00. The third kappa shape index (κ3) is 2.91. The summed E-state index contributed by atoms with van der Waals surface area (Å²) >= 11 is 1.56. The highest BCUT2D eigenvalue weighted by Gasteiger charge is 2.05. The second-order valence-corrected chi connectivity index (χ2v) is 5.58.